The van der Waals surface area contributed by atoms with Crippen LogP contribution in [-0.2, 0) is 22.7 Å². The van der Waals surface area contributed by atoms with Gasteiger partial charge in [0.25, 0.3) is 0 Å². The molecule has 0 aromatic heterocycles. The van der Waals surface area contributed by atoms with Crippen LogP contribution in [0, 0.1) is 5.92 Å². The van der Waals surface area contributed by atoms with Crippen LogP contribution in [0.5, 0.6) is 11.5 Å². The number of carbonyl (C=O) groups is 1. The van der Waals surface area contributed by atoms with Crippen LogP contribution >= 0.6 is 0 Å². The van der Waals surface area contributed by atoms with Gasteiger partial charge in [-0.25, -0.2) is 0 Å². The number of ether oxygens (including phenoxy) is 2. The summed E-state index contributed by atoms with van der Waals surface area (Å²) in [5.74, 6) is 2.06. The molecule has 1 aliphatic rings. The molecule has 0 saturated carbocycles. The number of hydrogen-bond acceptors (Lipinski definition) is 3. The van der Waals surface area contributed by atoms with E-state index in [1.807, 2.05) is 6.92 Å². The minimum Gasteiger partial charge on any atom is -0.496 e. The van der Waals surface area contributed by atoms with E-state index in [0.29, 0.717) is 0 Å². The van der Waals surface area contributed by atoms with Gasteiger partial charge in [0.1, 0.15) is 11.5 Å². The van der Waals surface area contributed by atoms with Gasteiger partial charge in [0.2, 0.25) is 0 Å². The Morgan fingerprint density at radius 2 is 1.15 bits per heavy atom. The highest BCUT2D eigenvalue weighted by Gasteiger charge is 2.36. The minimum absolute atomic E-state index is 0.0129. The third kappa shape index (κ3) is 4.44. The summed E-state index contributed by atoms with van der Waals surface area (Å²) in [5.41, 5.74) is 7.17. The van der Waals surface area contributed by atoms with Gasteiger partial charge in [-0.2, -0.15) is 0 Å². The van der Waals surface area contributed by atoms with Crippen LogP contribution in [0.3, 0.4) is 0 Å². The summed E-state index contributed by atoms with van der Waals surface area (Å²) in [4.78, 5) is 13.2. The van der Waals surface area contributed by atoms with E-state index in [1.54, 1.807) is 14.2 Å². The Morgan fingerprint density at radius 1 is 0.727 bits per heavy atom. The predicted octanol–water partition coefficient (Wildman–Crippen LogP) is 7.64. The molecule has 1 aliphatic carbocycles. The lowest BCUT2D eigenvalue weighted by molar-refractivity contribution is 0.0946. The van der Waals surface area contributed by atoms with E-state index >= 15 is 0 Å². The third-order valence-corrected chi connectivity index (χ3v) is 6.82. The lowest BCUT2D eigenvalue weighted by Crippen LogP contribution is -2.20. The summed E-state index contributed by atoms with van der Waals surface area (Å²) in [6.07, 6.45) is 0.742. The Bertz CT molecular complexity index is 1050. The second-order valence-corrected chi connectivity index (χ2v) is 12.7. The number of rotatable bonds is 3. The number of Topliss-reactive ketones (excluding diaryl/α,β-unsaturated/α-hetero) is 1. The molecule has 0 heterocycles. The van der Waals surface area contributed by atoms with Crippen molar-refractivity contribution < 1.29 is 14.3 Å². The molecule has 3 heteroatoms. The van der Waals surface area contributed by atoms with Crippen molar-refractivity contribution in [3.05, 3.63) is 46.0 Å². The molecule has 3 nitrogen and oxygen atoms in total. The van der Waals surface area contributed by atoms with Crippen molar-refractivity contribution in [3.63, 3.8) is 0 Å². The molecule has 180 valence electrons. The van der Waals surface area contributed by atoms with E-state index in [1.165, 1.54) is 11.1 Å². The number of ketones is 1. The maximum atomic E-state index is 13.2. The maximum absolute atomic E-state index is 13.2. The largest absolute Gasteiger partial charge is 0.496 e. The lowest BCUT2D eigenvalue weighted by Gasteiger charge is -2.31. The average Bonchev–Trinajstić information content (AvgIpc) is 2.97. The van der Waals surface area contributed by atoms with E-state index in [0.717, 1.165) is 45.7 Å². The highest BCUT2D eigenvalue weighted by Crippen LogP contribution is 2.50. The molecule has 2 aromatic carbocycles. The third-order valence-electron chi connectivity index (χ3n) is 6.82. The zero-order valence-corrected chi connectivity index (χ0v) is 22.7. The fourth-order valence-corrected chi connectivity index (χ4v) is 4.98. The number of hydrogen-bond donors (Lipinski definition) is 0. The standard InChI is InChI=1S/C30H42O3/c1-17-13-19-20(25(17)31)16-23(30(8,9)10)27(33-12)24(19)18-14-21(28(2,3)4)26(32-11)22(15-18)29(5,6)7/h14-17H,13H2,1-12H3. The molecule has 1 unspecified atom stereocenters. The van der Waals surface area contributed by atoms with E-state index in [9.17, 15) is 4.79 Å². The number of benzene rings is 2. The monoisotopic (exact) mass is 450 g/mol. The summed E-state index contributed by atoms with van der Waals surface area (Å²) in [6, 6.07) is 6.60. The Hall–Kier alpha value is -2.29. The van der Waals surface area contributed by atoms with Gasteiger partial charge in [-0.15, -0.1) is 0 Å². The van der Waals surface area contributed by atoms with Crippen molar-refractivity contribution in [2.24, 2.45) is 5.92 Å². The molecule has 0 spiro atoms. The molecule has 2 aromatic rings. The minimum atomic E-state index is -0.159. The molecule has 3 rings (SSSR count). The lowest BCUT2D eigenvalue weighted by atomic mass is 9.76. The number of methoxy groups -OCH3 is 2. The second kappa shape index (κ2) is 8.18. The summed E-state index contributed by atoms with van der Waals surface area (Å²) in [7, 11) is 3.51. The fraction of sp³-hybridized carbons (Fsp3) is 0.567. The summed E-state index contributed by atoms with van der Waals surface area (Å²) in [5, 5.41) is 0. The molecule has 0 amide bonds. The van der Waals surface area contributed by atoms with Gasteiger partial charge in [0.15, 0.2) is 5.78 Å². The van der Waals surface area contributed by atoms with Crippen molar-refractivity contribution in [2.45, 2.75) is 91.9 Å². The summed E-state index contributed by atoms with van der Waals surface area (Å²) >= 11 is 0. The van der Waals surface area contributed by atoms with Crippen LogP contribution in [0.15, 0.2) is 18.2 Å². The topological polar surface area (TPSA) is 35.5 Å². The van der Waals surface area contributed by atoms with E-state index < -0.39 is 0 Å². The summed E-state index contributed by atoms with van der Waals surface area (Å²) < 4.78 is 12.1. The molecule has 0 aliphatic heterocycles. The first kappa shape index (κ1) is 25.3. The van der Waals surface area contributed by atoms with Gasteiger partial charge in [-0.3, -0.25) is 4.79 Å². The van der Waals surface area contributed by atoms with E-state index in [4.69, 9.17) is 9.47 Å². The molecule has 0 saturated heterocycles. The van der Waals surface area contributed by atoms with Crippen molar-refractivity contribution >= 4 is 5.78 Å². The quantitative estimate of drug-likeness (QED) is 0.482. The van der Waals surface area contributed by atoms with E-state index in [2.05, 4.69) is 80.5 Å². The van der Waals surface area contributed by atoms with Crippen molar-refractivity contribution in [3.8, 4) is 22.6 Å². The zero-order valence-electron chi connectivity index (χ0n) is 22.7. The highest BCUT2D eigenvalue weighted by atomic mass is 16.5. The fourth-order valence-electron chi connectivity index (χ4n) is 4.98. The molecule has 33 heavy (non-hydrogen) atoms. The van der Waals surface area contributed by atoms with Gasteiger partial charge in [0.05, 0.1) is 14.2 Å². The maximum Gasteiger partial charge on any atom is 0.166 e. The van der Waals surface area contributed by atoms with Crippen LogP contribution in [0.2, 0.25) is 0 Å². The van der Waals surface area contributed by atoms with Crippen molar-refractivity contribution in [1.29, 1.82) is 0 Å². The van der Waals surface area contributed by atoms with Crippen LogP contribution in [-0.4, -0.2) is 20.0 Å². The molecular weight excluding hydrogens is 408 g/mol. The first-order valence-corrected chi connectivity index (χ1v) is 12.0. The second-order valence-electron chi connectivity index (χ2n) is 12.7. The Balaban J connectivity index is 2.53. The molecule has 0 fully saturated rings. The number of carbonyl (C=O) groups excluding carboxylic acids is 1. The Labute approximate surface area is 200 Å². The van der Waals surface area contributed by atoms with Gasteiger partial charge in [0, 0.05) is 33.7 Å². The molecule has 0 N–H and O–H groups in total. The Kier molecular flexibility index (Phi) is 6.28. The van der Waals surface area contributed by atoms with Crippen molar-refractivity contribution in [2.75, 3.05) is 14.2 Å². The Morgan fingerprint density at radius 3 is 1.55 bits per heavy atom. The first-order chi connectivity index (χ1) is 15.0. The van der Waals surface area contributed by atoms with Crippen molar-refractivity contribution in [1.82, 2.24) is 0 Å². The average molecular weight is 451 g/mol. The SMILES string of the molecule is COc1c(C(C)(C)C)cc(-c2c3c(cc(C(C)(C)C)c2OC)C(=O)C(C)C3)cc1C(C)(C)C. The number of fused-ring (bicyclic) bond motifs is 1. The molecular formula is C30H42O3. The van der Waals surface area contributed by atoms with E-state index in [-0.39, 0.29) is 27.9 Å². The molecule has 0 bridgehead atoms. The smallest absolute Gasteiger partial charge is 0.166 e. The van der Waals surface area contributed by atoms with Gasteiger partial charge < -0.3 is 9.47 Å². The van der Waals surface area contributed by atoms with Crippen LogP contribution in [0.4, 0.5) is 0 Å². The van der Waals surface area contributed by atoms with Crippen LogP contribution in [0.25, 0.3) is 11.1 Å². The van der Waals surface area contributed by atoms with Gasteiger partial charge in [-0.1, -0.05) is 69.2 Å². The van der Waals surface area contributed by atoms with Gasteiger partial charge >= 0.3 is 0 Å². The molecule has 0 radical (unpaired) electrons. The van der Waals surface area contributed by atoms with Crippen LogP contribution < -0.4 is 9.47 Å². The van der Waals surface area contributed by atoms with Gasteiger partial charge in [-0.05, 0) is 52.0 Å². The van der Waals surface area contributed by atoms with Crippen LogP contribution in [0.1, 0.15) is 102 Å². The highest BCUT2D eigenvalue weighted by molar-refractivity contribution is 6.05. The predicted molar refractivity (Wildman–Crippen MR) is 138 cm³/mol. The zero-order chi connectivity index (χ0) is 25.1. The first-order valence-electron chi connectivity index (χ1n) is 12.0. The summed E-state index contributed by atoms with van der Waals surface area (Å²) in [6.45, 7) is 21.9. The normalized spacial score (nSPS) is 16.7. The molecule has 1 atom stereocenters.